The summed E-state index contributed by atoms with van der Waals surface area (Å²) >= 11 is 0. The lowest BCUT2D eigenvalue weighted by molar-refractivity contribution is -0.167. The van der Waals surface area contributed by atoms with Crippen molar-refractivity contribution in [1.82, 2.24) is 25.5 Å². The summed E-state index contributed by atoms with van der Waals surface area (Å²) in [5, 5.41) is 23.1. The van der Waals surface area contributed by atoms with Gasteiger partial charge in [0.15, 0.2) is 11.0 Å². The molecule has 1 fully saturated rings. The Labute approximate surface area is 325 Å². The van der Waals surface area contributed by atoms with Gasteiger partial charge in [-0.05, 0) is 76.3 Å². The van der Waals surface area contributed by atoms with E-state index in [9.17, 15) is 14.7 Å². The molecule has 1 saturated heterocycles. The lowest BCUT2D eigenvalue weighted by atomic mass is 9.89. The van der Waals surface area contributed by atoms with Crippen LogP contribution in [0.3, 0.4) is 0 Å². The normalized spacial score (nSPS) is 25.2. The number of H-pyrrole nitrogens is 1. The molecule has 0 aliphatic carbocycles. The number of ether oxygens (including phenoxy) is 3. The molecule has 0 bridgehead atoms. The number of nitrogens with two attached hydrogens (primary N) is 1. The standard InChI is InChI=1S/C43H52N6O7/c1-6-7-8-12-46-38-18-27(17-28(47-38)22-49-21-26-11-13-45-31(26)23-49)30-15-25(16-37(44)48-30)9-10-35-43(5,56-35)41(52)54-36-19-29-33(55-42(36,3)4)20-34-39(40(29)51)32(50)14-24(2)53-34/h11,13-18,20-21,23,28,30,35-36,45-48,51H,6-10,12,19,22,44H2,1-5H3. The molecule has 8 rings (SSSR count). The molecule has 7 N–H and O–H groups in total. The van der Waals surface area contributed by atoms with Crippen LogP contribution in [-0.4, -0.2) is 62.7 Å². The number of aromatic nitrogens is 2. The summed E-state index contributed by atoms with van der Waals surface area (Å²) in [6.07, 6.45) is 18.6. The molecule has 0 radical (unpaired) electrons. The molecule has 4 aliphatic rings. The first-order valence-electron chi connectivity index (χ1n) is 19.7. The van der Waals surface area contributed by atoms with E-state index in [4.69, 9.17) is 24.4 Å². The molecule has 7 heterocycles. The number of epoxide rings is 1. The fourth-order valence-corrected chi connectivity index (χ4v) is 8.13. The summed E-state index contributed by atoms with van der Waals surface area (Å²) in [6.45, 7) is 10.9. The first-order valence-corrected chi connectivity index (χ1v) is 19.7. The van der Waals surface area contributed by atoms with Gasteiger partial charge in [-0.2, -0.15) is 0 Å². The number of carbonyl (C=O) groups is 1. The summed E-state index contributed by atoms with van der Waals surface area (Å²) in [6, 6.07) is 4.95. The number of rotatable bonds is 13. The first kappa shape index (κ1) is 37.4. The predicted molar refractivity (Wildman–Crippen MR) is 214 cm³/mol. The maximum atomic E-state index is 13.7. The van der Waals surface area contributed by atoms with Gasteiger partial charge in [0.1, 0.15) is 39.9 Å². The van der Waals surface area contributed by atoms with Crippen molar-refractivity contribution in [3.8, 4) is 11.5 Å². The van der Waals surface area contributed by atoms with Crippen LogP contribution >= 0.6 is 0 Å². The number of fused-ring (bicyclic) bond motifs is 3. The average Bonchev–Trinajstić information content (AvgIpc) is 3.38. The average molecular weight is 765 g/mol. The van der Waals surface area contributed by atoms with E-state index in [2.05, 4.69) is 69.1 Å². The van der Waals surface area contributed by atoms with Gasteiger partial charge in [-0.15, -0.1) is 0 Å². The maximum absolute atomic E-state index is 13.7. The highest BCUT2D eigenvalue weighted by molar-refractivity contribution is 5.87. The second kappa shape index (κ2) is 14.5. The summed E-state index contributed by atoms with van der Waals surface area (Å²) in [5.41, 5.74) is 7.98. The van der Waals surface area contributed by atoms with Crippen LogP contribution in [0.4, 0.5) is 0 Å². The van der Waals surface area contributed by atoms with E-state index in [1.165, 1.54) is 17.9 Å². The quantitative estimate of drug-likeness (QED) is 0.0569. The highest BCUT2D eigenvalue weighted by Gasteiger charge is 2.60. The van der Waals surface area contributed by atoms with Crippen molar-refractivity contribution in [2.75, 3.05) is 6.54 Å². The van der Waals surface area contributed by atoms with Gasteiger partial charge in [0, 0.05) is 61.2 Å². The minimum atomic E-state index is -1.13. The van der Waals surface area contributed by atoms with Gasteiger partial charge in [0.05, 0.1) is 35.3 Å². The number of aromatic amines is 1. The molecular weight excluding hydrogens is 713 g/mol. The first-order chi connectivity index (χ1) is 26.8. The Morgan fingerprint density at radius 1 is 1.14 bits per heavy atom. The minimum absolute atomic E-state index is 0.0535. The topological polar surface area (TPSA) is 181 Å². The number of aryl methyl sites for hydroxylation is 1. The smallest absolute Gasteiger partial charge is 0.341 e. The van der Waals surface area contributed by atoms with Crippen LogP contribution in [0.2, 0.25) is 0 Å². The van der Waals surface area contributed by atoms with Crippen LogP contribution in [0, 0.1) is 6.92 Å². The van der Waals surface area contributed by atoms with Gasteiger partial charge >= 0.3 is 5.97 Å². The Hall–Kier alpha value is -5.56. The van der Waals surface area contributed by atoms with Crippen LogP contribution < -0.4 is 31.8 Å². The molecule has 0 saturated carbocycles. The van der Waals surface area contributed by atoms with Crippen LogP contribution in [0.15, 0.2) is 93.1 Å². The minimum Gasteiger partial charge on any atom is -0.507 e. The number of phenols is 1. The predicted octanol–water partition coefficient (Wildman–Crippen LogP) is 5.57. The van der Waals surface area contributed by atoms with E-state index in [1.54, 1.807) is 19.9 Å². The maximum Gasteiger partial charge on any atom is 0.341 e. The molecule has 5 unspecified atom stereocenters. The van der Waals surface area contributed by atoms with Crippen molar-refractivity contribution < 1.29 is 28.5 Å². The number of allylic oxidation sites excluding steroid dienone is 2. The molecule has 4 aliphatic heterocycles. The van der Waals surface area contributed by atoms with Gasteiger partial charge in [-0.25, -0.2) is 4.79 Å². The number of hydrogen-bond acceptors (Lipinski definition) is 11. The Bertz CT molecular complexity index is 2330. The zero-order chi connectivity index (χ0) is 39.4. The van der Waals surface area contributed by atoms with E-state index in [0.29, 0.717) is 35.7 Å². The SMILES string of the molecule is CCCCCNC1=CC(C2C=C(CCC3OC3(C)C(=O)OC3Cc4c(cc5oc(C)cc(=O)c5c4O)OC3(C)C)C=C(N)N2)=CC(Cn2cc3cc[nH]c3c2)N1. The van der Waals surface area contributed by atoms with E-state index < -0.39 is 23.3 Å². The number of phenolic OH excluding ortho intramolecular Hbond substituents is 1. The van der Waals surface area contributed by atoms with E-state index >= 15 is 0 Å². The molecule has 1 aromatic carbocycles. The number of unbranched alkanes of at least 4 members (excludes halogenated alkanes) is 2. The Morgan fingerprint density at radius 3 is 2.79 bits per heavy atom. The van der Waals surface area contributed by atoms with Crippen molar-refractivity contribution >= 4 is 27.8 Å². The number of benzene rings is 1. The van der Waals surface area contributed by atoms with Gasteiger partial charge in [0.2, 0.25) is 0 Å². The van der Waals surface area contributed by atoms with Crippen LogP contribution in [-0.2, 0) is 27.2 Å². The van der Waals surface area contributed by atoms with Crippen molar-refractivity contribution in [2.45, 2.75) is 115 Å². The zero-order valence-corrected chi connectivity index (χ0v) is 32.7. The lowest BCUT2D eigenvalue weighted by Gasteiger charge is -2.39. The third kappa shape index (κ3) is 7.39. The van der Waals surface area contributed by atoms with Gasteiger partial charge < -0.3 is 55.0 Å². The summed E-state index contributed by atoms with van der Waals surface area (Å²) in [5.74, 6) is 1.67. The van der Waals surface area contributed by atoms with Crippen LogP contribution in [0.5, 0.6) is 11.5 Å². The summed E-state index contributed by atoms with van der Waals surface area (Å²) in [4.78, 5) is 29.7. The Morgan fingerprint density at radius 2 is 1.98 bits per heavy atom. The number of dihydropyridines is 2. The second-order valence-corrected chi connectivity index (χ2v) is 16.2. The molecule has 13 nitrogen and oxygen atoms in total. The highest BCUT2D eigenvalue weighted by Crippen LogP contribution is 2.45. The molecule has 0 spiro atoms. The summed E-state index contributed by atoms with van der Waals surface area (Å²) < 4.78 is 26.3. The van der Waals surface area contributed by atoms with Crippen molar-refractivity contribution in [1.29, 1.82) is 0 Å². The molecular formula is C43H52N6O7. The van der Waals surface area contributed by atoms with E-state index in [1.807, 2.05) is 26.1 Å². The fourth-order valence-electron chi connectivity index (χ4n) is 8.13. The highest BCUT2D eigenvalue weighted by atomic mass is 16.7. The van der Waals surface area contributed by atoms with Crippen LogP contribution in [0.25, 0.3) is 21.9 Å². The number of nitrogens with one attached hydrogen (secondary N) is 4. The molecule has 3 aromatic heterocycles. The Balaban J connectivity index is 0.930. The number of hydrogen-bond donors (Lipinski definition) is 6. The number of carbonyl (C=O) groups excluding carboxylic acids is 1. The largest absolute Gasteiger partial charge is 0.507 e. The number of nitrogens with zero attached hydrogens (tertiary/aromatic N) is 1. The number of esters is 1. The van der Waals surface area contributed by atoms with Crippen LogP contribution in [0.1, 0.15) is 71.1 Å². The molecule has 13 heteroatoms. The molecule has 0 amide bonds. The third-order valence-electron chi connectivity index (χ3n) is 11.4. The number of aromatic hydroxyl groups is 1. The lowest BCUT2D eigenvalue weighted by Crippen LogP contribution is -2.50. The molecule has 5 atom stereocenters. The zero-order valence-electron chi connectivity index (χ0n) is 32.7. The Kier molecular flexibility index (Phi) is 9.68. The molecule has 296 valence electrons. The molecule has 4 aromatic rings. The fraction of sp³-hybridized carbons (Fsp3) is 0.442. The van der Waals surface area contributed by atoms with Crippen molar-refractivity contribution in [3.63, 3.8) is 0 Å². The van der Waals surface area contributed by atoms with E-state index in [0.717, 1.165) is 48.4 Å². The second-order valence-electron chi connectivity index (χ2n) is 16.2. The van der Waals surface area contributed by atoms with E-state index in [-0.39, 0.29) is 46.8 Å². The monoisotopic (exact) mass is 764 g/mol. The summed E-state index contributed by atoms with van der Waals surface area (Å²) in [7, 11) is 0. The third-order valence-corrected chi connectivity index (χ3v) is 11.4. The van der Waals surface area contributed by atoms with Gasteiger partial charge in [-0.3, -0.25) is 4.79 Å². The van der Waals surface area contributed by atoms with Crippen molar-refractivity contribution in [2.24, 2.45) is 5.73 Å². The van der Waals surface area contributed by atoms with Gasteiger partial charge in [0.25, 0.3) is 0 Å². The molecule has 56 heavy (non-hydrogen) atoms. The van der Waals surface area contributed by atoms with Crippen molar-refractivity contribution in [3.05, 3.63) is 105 Å². The van der Waals surface area contributed by atoms with Gasteiger partial charge in [-0.1, -0.05) is 31.9 Å².